The van der Waals surface area contributed by atoms with Gasteiger partial charge in [-0.3, -0.25) is 4.79 Å². The SMILES string of the molecule is O=C(O)[C@@H]1CCCN1C(=O)Cc1ccccc1O. The first-order valence-electron chi connectivity index (χ1n) is 5.88. The van der Waals surface area contributed by atoms with Gasteiger partial charge in [0.1, 0.15) is 11.8 Å². The molecule has 0 bridgehead atoms. The molecule has 1 heterocycles. The Morgan fingerprint density at radius 2 is 2.06 bits per heavy atom. The third-order valence-corrected chi connectivity index (χ3v) is 3.19. The van der Waals surface area contributed by atoms with Gasteiger partial charge in [-0.1, -0.05) is 18.2 Å². The number of carbonyl (C=O) groups excluding carboxylic acids is 1. The molecule has 2 N–H and O–H groups in total. The van der Waals surface area contributed by atoms with Crippen molar-refractivity contribution in [2.75, 3.05) is 6.54 Å². The summed E-state index contributed by atoms with van der Waals surface area (Å²) >= 11 is 0. The summed E-state index contributed by atoms with van der Waals surface area (Å²) in [6, 6.07) is 5.88. The van der Waals surface area contributed by atoms with Gasteiger partial charge in [0.2, 0.25) is 5.91 Å². The number of carboxylic acid groups (broad SMARTS) is 1. The number of carbonyl (C=O) groups is 2. The van der Waals surface area contributed by atoms with Crippen molar-refractivity contribution in [3.8, 4) is 5.75 Å². The van der Waals surface area contributed by atoms with Crippen LogP contribution in [0, 0.1) is 0 Å². The second-order valence-electron chi connectivity index (χ2n) is 4.39. The van der Waals surface area contributed by atoms with Gasteiger partial charge in [-0.05, 0) is 18.9 Å². The maximum atomic E-state index is 12.0. The number of phenolic OH excluding ortho intramolecular Hbond substituents is 1. The van der Waals surface area contributed by atoms with Gasteiger partial charge in [0.05, 0.1) is 6.42 Å². The zero-order chi connectivity index (χ0) is 13.1. The molecule has 0 spiro atoms. The van der Waals surface area contributed by atoms with E-state index < -0.39 is 12.0 Å². The standard InChI is InChI=1S/C13H15NO4/c15-11-6-2-1-4-9(11)8-12(16)14-7-3-5-10(14)13(17)18/h1-2,4,6,10,15H,3,5,7-8H2,(H,17,18)/t10-/m0/s1. The highest BCUT2D eigenvalue weighted by Crippen LogP contribution is 2.21. The number of amides is 1. The molecule has 0 radical (unpaired) electrons. The molecule has 0 unspecified atom stereocenters. The number of phenols is 1. The number of para-hydroxylation sites is 1. The Kier molecular flexibility index (Phi) is 3.50. The van der Waals surface area contributed by atoms with Crippen molar-refractivity contribution < 1.29 is 19.8 Å². The average molecular weight is 249 g/mol. The van der Waals surface area contributed by atoms with Gasteiger partial charge < -0.3 is 15.1 Å². The molecule has 1 atom stereocenters. The highest BCUT2D eigenvalue weighted by atomic mass is 16.4. The summed E-state index contributed by atoms with van der Waals surface area (Å²) in [6.07, 6.45) is 1.25. The van der Waals surface area contributed by atoms with Crippen molar-refractivity contribution in [1.29, 1.82) is 0 Å². The van der Waals surface area contributed by atoms with Gasteiger partial charge in [0, 0.05) is 12.1 Å². The molecule has 1 amide bonds. The molecule has 1 saturated heterocycles. The summed E-state index contributed by atoms with van der Waals surface area (Å²) in [6.45, 7) is 0.476. The minimum Gasteiger partial charge on any atom is -0.508 e. The minimum absolute atomic E-state index is 0.0381. The summed E-state index contributed by atoms with van der Waals surface area (Å²) < 4.78 is 0. The highest BCUT2D eigenvalue weighted by Gasteiger charge is 2.33. The molecule has 1 fully saturated rings. The predicted molar refractivity (Wildman–Crippen MR) is 64.2 cm³/mol. The van der Waals surface area contributed by atoms with Crippen molar-refractivity contribution in [2.45, 2.75) is 25.3 Å². The van der Waals surface area contributed by atoms with E-state index in [1.165, 1.54) is 11.0 Å². The number of nitrogens with zero attached hydrogens (tertiary/aromatic N) is 1. The fraction of sp³-hybridized carbons (Fsp3) is 0.385. The zero-order valence-corrected chi connectivity index (χ0v) is 9.87. The largest absolute Gasteiger partial charge is 0.508 e. The zero-order valence-electron chi connectivity index (χ0n) is 9.87. The van der Waals surface area contributed by atoms with Crippen LogP contribution >= 0.6 is 0 Å². The molecule has 0 saturated carbocycles. The number of hydrogen-bond acceptors (Lipinski definition) is 3. The first kappa shape index (κ1) is 12.4. The van der Waals surface area contributed by atoms with Gasteiger partial charge in [0.15, 0.2) is 0 Å². The van der Waals surface area contributed by atoms with E-state index in [1.54, 1.807) is 18.2 Å². The third-order valence-electron chi connectivity index (χ3n) is 3.19. The van der Waals surface area contributed by atoms with Gasteiger partial charge in [-0.2, -0.15) is 0 Å². The molecule has 2 rings (SSSR count). The normalized spacial score (nSPS) is 18.9. The van der Waals surface area contributed by atoms with E-state index in [2.05, 4.69) is 0 Å². The third kappa shape index (κ3) is 2.45. The molecule has 1 aliphatic heterocycles. The van der Waals surface area contributed by atoms with Crippen molar-refractivity contribution in [1.82, 2.24) is 4.90 Å². The van der Waals surface area contributed by atoms with Crippen LogP contribution in [-0.4, -0.2) is 39.6 Å². The van der Waals surface area contributed by atoms with Crippen LogP contribution in [0.3, 0.4) is 0 Å². The first-order chi connectivity index (χ1) is 8.59. The number of aromatic hydroxyl groups is 1. The molecule has 1 aromatic carbocycles. The van der Waals surface area contributed by atoms with Crippen LogP contribution in [0.15, 0.2) is 24.3 Å². The first-order valence-corrected chi connectivity index (χ1v) is 5.88. The lowest BCUT2D eigenvalue weighted by Gasteiger charge is -2.21. The molecule has 5 nitrogen and oxygen atoms in total. The van der Waals surface area contributed by atoms with E-state index in [9.17, 15) is 14.7 Å². The number of hydrogen-bond donors (Lipinski definition) is 2. The second-order valence-corrected chi connectivity index (χ2v) is 4.39. The summed E-state index contributed by atoms with van der Waals surface area (Å²) in [4.78, 5) is 24.4. The average Bonchev–Trinajstić information content (AvgIpc) is 2.81. The van der Waals surface area contributed by atoms with Gasteiger partial charge >= 0.3 is 5.97 Å². The monoisotopic (exact) mass is 249 g/mol. The molecular weight excluding hydrogens is 234 g/mol. The summed E-state index contributed by atoms with van der Waals surface area (Å²) in [7, 11) is 0. The smallest absolute Gasteiger partial charge is 0.326 e. The number of likely N-dealkylation sites (tertiary alicyclic amines) is 1. The van der Waals surface area contributed by atoms with Gasteiger partial charge in [-0.15, -0.1) is 0 Å². The van der Waals surface area contributed by atoms with Crippen molar-refractivity contribution in [2.24, 2.45) is 0 Å². The van der Waals surface area contributed by atoms with Crippen LogP contribution in [0.2, 0.25) is 0 Å². The van der Waals surface area contributed by atoms with Crippen LogP contribution in [0.25, 0.3) is 0 Å². The molecule has 96 valence electrons. The summed E-state index contributed by atoms with van der Waals surface area (Å²) in [5.74, 6) is -1.14. The predicted octanol–water partition coefficient (Wildman–Crippen LogP) is 1.01. The van der Waals surface area contributed by atoms with Crippen molar-refractivity contribution in [3.63, 3.8) is 0 Å². The van der Waals surface area contributed by atoms with Crippen LogP contribution in [0.4, 0.5) is 0 Å². The Bertz CT molecular complexity index is 472. The van der Waals surface area contributed by atoms with Gasteiger partial charge in [-0.25, -0.2) is 4.79 Å². The molecular formula is C13H15NO4. The van der Waals surface area contributed by atoms with E-state index in [0.29, 0.717) is 24.9 Å². The quantitative estimate of drug-likeness (QED) is 0.838. The van der Waals surface area contributed by atoms with Crippen molar-refractivity contribution in [3.05, 3.63) is 29.8 Å². The molecule has 1 aliphatic rings. The summed E-state index contributed by atoms with van der Waals surface area (Å²) in [5.41, 5.74) is 0.526. The van der Waals surface area contributed by atoms with Crippen LogP contribution in [-0.2, 0) is 16.0 Å². The van der Waals surface area contributed by atoms with Crippen molar-refractivity contribution >= 4 is 11.9 Å². The molecule has 1 aromatic rings. The Morgan fingerprint density at radius 1 is 1.33 bits per heavy atom. The number of rotatable bonds is 3. The van der Waals surface area contributed by atoms with Crippen LogP contribution in [0.1, 0.15) is 18.4 Å². The molecule has 0 aromatic heterocycles. The fourth-order valence-corrected chi connectivity index (χ4v) is 2.25. The van der Waals surface area contributed by atoms with Crippen LogP contribution < -0.4 is 0 Å². The lowest BCUT2D eigenvalue weighted by Crippen LogP contribution is -2.41. The Balaban J connectivity index is 2.08. The lowest BCUT2D eigenvalue weighted by atomic mass is 10.1. The molecule has 18 heavy (non-hydrogen) atoms. The maximum Gasteiger partial charge on any atom is 0.326 e. The lowest BCUT2D eigenvalue weighted by molar-refractivity contribution is -0.148. The second kappa shape index (κ2) is 5.08. The van der Waals surface area contributed by atoms with E-state index in [0.717, 1.165) is 0 Å². The van der Waals surface area contributed by atoms with E-state index in [-0.39, 0.29) is 18.1 Å². The Labute approximate surface area is 105 Å². The fourth-order valence-electron chi connectivity index (χ4n) is 2.25. The number of aliphatic carboxylic acids is 1. The molecule has 0 aliphatic carbocycles. The topological polar surface area (TPSA) is 77.8 Å². The van der Waals surface area contributed by atoms with E-state index >= 15 is 0 Å². The van der Waals surface area contributed by atoms with E-state index in [1.807, 2.05) is 0 Å². The number of benzene rings is 1. The van der Waals surface area contributed by atoms with E-state index in [4.69, 9.17) is 5.11 Å². The van der Waals surface area contributed by atoms with Gasteiger partial charge in [0.25, 0.3) is 0 Å². The highest BCUT2D eigenvalue weighted by molar-refractivity contribution is 5.85. The maximum absolute atomic E-state index is 12.0. The summed E-state index contributed by atoms with van der Waals surface area (Å²) in [5, 5.41) is 18.6. The number of carboxylic acids is 1. The minimum atomic E-state index is -0.960. The Morgan fingerprint density at radius 3 is 2.72 bits per heavy atom. The Hall–Kier alpha value is -2.04. The molecule has 5 heteroatoms. The van der Waals surface area contributed by atoms with Crippen LogP contribution in [0.5, 0.6) is 5.75 Å².